The van der Waals surface area contributed by atoms with E-state index in [1.165, 1.54) is 0 Å². The molecule has 156 valence electrons. The molecule has 1 aromatic heterocycles. The Bertz CT molecular complexity index is 1050. The van der Waals surface area contributed by atoms with Crippen LogP contribution in [0.15, 0.2) is 53.0 Å². The van der Waals surface area contributed by atoms with Gasteiger partial charge in [-0.2, -0.15) is 0 Å². The number of halogens is 1. The molecule has 0 aliphatic heterocycles. The highest BCUT2D eigenvalue weighted by atomic mass is 79.9. The lowest BCUT2D eigenvalue weighted by molar-refractivity contribution is -0.121. The zero-order valence-corrected chi connectivity index (χ0v) is 19.0. The van der Waals surface area contributed by atoms with E-state index in [9.17, 15) is 4.79 Å². The molecule has 1 aliphatic carbocycles. The summed E-state index contributed by atoms with van der Waals surface area (Å²) in [6, 6.07) is 16.8. The predicted molar refractivity (Wildman–Crippen MR) is 126 cm³/mol. The van der Waals surface area contributed by atoms with E-state index in [1.807, 2.05) is 49.4 Å². The van der Waals surface area contributed by atoms with Crippen molar-refractivity contribution in [3.8, 4) is 11.4 Å². The fraction of sp³-hybridized carbons (Fsp3) is 0.375. The molecule has 5 nitrogen and oxygen atoms in total. The van der Waals surface area contributed by atoms with Crippen LogP contribution in [0, 0.1) is 0 Å². The Labute approximate surface area is 186 Å². The Morgan fingerprint density at radius 1 is 1.20 bits per heavy atom. The summed E-state index contributed by atoms with van der Waals surface area (Å²) < 4.78 is 0.999. The molecule has 0 saturated heterocycles. The third-order valence-corrected chi connectivity index (χ3v) is 6.02. The van der Waals surface area contributed by atoms with Gasteiger partial charge in [-0.3, -0.25) is 4.79 Å². The quantitative estimate of drug-likeness (QED) is 0.487. The van der Waals surface area contributed by atoms with Crippen molar-refractivity contribution in [2.75, 3.05) is 11.4 Å². The summed E-state index contributed by atoms with van der Waals surface area (Å²) in [5.74, 6) is 1.73. The van der Waals surface area contributed by atoms with Gasteiger partial charge >= 0.3 is 0 Å². The van der Waals surface area contributed by atoms with E-state index >= 15 is 0 Å². The molecule has 1 aliphatic rings. The molecule has 1 saturated carbocycles. The number of rotatable bonds is 8. The maximum atomic E-state index is 12.4. The van der Waals surface area contributed by atoms with Crippen LogP contribution in [0.5, 0.6) is 0 Å². The molecule has 30 heavy (non-hydrogen) atoms. The van der Waals surface area contributed by atoms with Crippen molar-refractivity contribution in [2.24, 2.45) is 0 Å². The molecule has 1 atom stereocenters. The Hall–Kier alpha value is -2.47. The zero-order valence-electron chi connectivity index (χ0n) is 17.4. The van der Waals surface area contributed by atoms with Crippen LogP contribution in [0.4, 0.5) is 5.82 Å². The topological polar surface area (TPSA) is 58.1 Å². The molecule has 6 heteroatoms. The number of amides is 1. The second kappa shape index (κ2) is 9.13. The zero-order chi connectivity index (χ0) is 21.1. The van der Waals surface area contributed by atoms with Gasteiger partial charge in [0.1, 0.15) is 5.82 Å². The molecule has 1 heterocycles. The molecule has 1 amide bonds. The molecular weight excluding hydrogens is 440 g/mol. The van der Waals surface area contributed by atoms with Gasteiger partial charge in [0, 0.05) is 40.5 Å². The van der Waals surface area contributed by atoms with Crippen LogP contribution >= 0.6 is 15.9 Å². The summed E-state index contributed by atoms with van der Waals surface area (Å²) in [6.45, 7) is 4.78. The maximum absolute atomic E-state index is 12.4. The van der Waals surface area contributed by atoms with Gasteiger partial charge < -0.3 is 10.2 Å². The summed E-state index contributed by atoms with van der Waals surface area (Å²) in [5, 5.41) is 4.11. The second-order valence-corrected chi connectivity index (χ2v) is 8.87. The molecule has 0 radical (unpaired) electrons. The smallest absolute Gasteiger partial charge is 0.221 e. The lowest BCUT2D eigenvalue weighted by Gasteiger charge is -2.25. The molecular formula is C24H27BrN4O. The van der Waals surface area contributed by atoms with Gasteiger partial charge in [0.25, 0.3) is 0 Å². The van der Waals surface area contributed by atoms with Gasteiger partial charge in [-0.05, 0) is 50.5 Å². The van der Waals surface area contributed by atoms with Gasteiger partial charge in [0.2, 0.25) is 5.91 Å². The average Bonchev–Trinajstić information content (AvgIpc) is 3.58. The number of carbonyl (C=O) groups is 1. The highest BCUT2D eigenvalue weighted by Crippen LogP contribution is 2.35. The van der Waals surface area contributed by atoms with Crippen molar-refractivity contribution in [3.05, 3.63) is 53.0 Å². The highest BCUT2D eigenvalue weighted by Gasteiger charge is 2.31. The van der Waals surface area contributed by atoms with Crippen molar-refractivity contribution in [1.82, 2.24) is 15.3 Å². The van der Waals surface area contributed by atoms with E-state index in [-0.39, 0.29) is 11.9 Å². The molecule has 0 bridgehead atoms. The lowest BCUT2D eigenvalue weighted by Crippen LogP contribution is -2.36. The fourth-order valence-corrected chi connectivity index (χ4v) is 3.95. The van der Waals surface area contributed by atoms with Crippen LogP contribution in [0.2, 0.25) is 0 Å². The minimum absolute atomic E-state index is 0.0978. The van der Waals surface area contributed by atoms with Crippen molar-refractivity contribution < 1.29 is 4.79 Å². The van der Waals surface area contributed by atoms with Crippen molar-refractivity contribution >= 4 is 38.6 Å². The second-order valence-electron chi connectivity index (χ2n) is 7.95. The molecule has 3 aromatic rings. The number of para-hydroxylation sites is 1. The number of anilines is 1. The SMILES string of the molecule is CC[C@H](C)NC(=O)CCN(c1nc(-c2cccc(Br)c2)nc2ccccc12)C1CC1. The lowest BCUT2D eigenvalue weighted by atomic mass is 10.1. The summed E-state index contributed by atoms with van der Waals surface area (Å²) in [5.41, 5.74) is 1.90. The Morgan fingerprint density at radius 2 is 2.00 bits per heavy atom. The third-order valence-electron chi connectivity index (χ3n) is 5.53. The Morgan fingerprint density at radius 3 is 2.73 bits per heavy atom. The number of benzene rings is 2. The highest BCUT2D eigenvalue weighted by molar-refractivity contribution is 9.10. The fourth-order valence-electron chi connectivity index (χ4n) is 3.55. The van der Waals surface area contributed by atoms with Crippen molar-refractivity contribution in [3.63, 3.8) is 0 Å². The van der Waals surface area contributed by atoms with Gasteiger partial charge in [-0.15, -0.1) is 0 Å². The third kappa shape index (κ3) is 4.81. The number of aromatic nitrogens is 2. The van der Waals surface area contributed by atoms with E-state index in [0.29, 0.717) is 24.8 Å². The van der Waals surface area contributed by atoms with Crippen molar-refractivity contribution in [2.45, 2.75) is 51.6 Å². The summed E-state index contributed by atoms with van der Waals surface area (Å²) in [6.07, 6.45) is 3.67. The first kappa shape index (κ1) is 20.8. The van der Waals surface area contributed by atoms with Gasteiger partial charge in [0.05, 0.1) is 5.52 Å². The largest absolute Gasteiger partial charge is 0.354 e. The van der Waals surface area contributed by atoms with Crippen LogP contribution < -0.4 is 10.2 Å². The monoisotopic (exact) mass is 466 g/mol. The first-order valence-corrected chi connectivity index (χ1v) is 11.4. The molecule has 1 fully saturated rings. The number of nitrogens with one attached hydrogen (secondary N) is 1. The summed E-state index contributed by atoms with van der Waals surface area (Å²) >= 11 is 3.55. The number of fused-ring (bicyclic) bond motifs is 1. The summed E-state index contributed by atoms with van der Waals surface area (Å²) in [4.78, 5) is 24.5. The van der Waals surface area contributed by atoms with Gasteiger partial charge in [-0.1, -0.05) is 47.1 Å². The van der Waals surface area contributed by atoms with E-state index in [2.05, 4.69) is 39.1 Å². The Kier molecular flexibility index (Phi) is 6.32. The molecule has 4 rings (SSSR count). The number of hydrogen-bond donors (Lipinski definition) is 1. The number of nitrogens with zero attached hydrogens (tertiary/aromatic N) is 3. The van der Waals surface area contributed by atoms with E-state index in [4.69, 9.17) is 9.97 Å². The molecule has 1 N–H and O–H groups in total. The predicted octanol–water partition coefficient (Wildman–Crippen LogP) is 5.33. The summed E-state index contributed by atoms with van der Waals surface area (Å²) in [7, 11) is 0. The van der Waals surface area contributed by atoms with Crippen LogP contribution in [0.1, 0.15) is 39.5 Å². The van der Waals surface area contributed by atoms with Crippen LogP contribution in [0.25, 0.3) is 22.3 Å². The molecule has 0 unspecified atom stereocenters. The Balaban J connectivity index is 1.69. The van der Waals surface area contributed by atoms with Crippen LogP contribution in [0.3, 0.4) is 0 Å². The maximum Gasteiger partial charge on any atom is 0.221 e. The van der Waals surface area contributed by atoms with Gasteiger partial charge in [-0.25, -0.2) is 9.97 Å². The van der Waals surface area contributed by atoms with E-state index in [0.717, 1.165) is 46.0 Å². The first-order valence-electron chi connectivity index (χ1n) is 10.6. The van der Waals surface area contributed by atoms with Crippen LogP contribution in [-0.2, 0) is 4.79 Å². The number of carbonyl (C=O) groups excluding carboxylic acids is 1. The average molecular weight is 467 g/mol. The number of hydrogen-bond acceptors (Lipinski definition) is 4. The van der Waals surface area contributed by atoms with E-state index in [1.54, 1.807) is 0 Å². The van der Waals surface area contributed by atoms with Gasteiger partial charge in [0.15, 0.2) is 5.82 Å². The van der Waals surface area contributed by atoms with Crippen molar-refractivity contribution in [1.29, 1.82) is 0 Å². The van der Waals surface area contributed by atoms with Crippen LogP contribution in [-0.4, -0.2) is 34.5 Å². The minimum atomic E-state index is 0.0978. The molecule has 2 aromatic carbocycles. The first-order chi connectivity index (χ1) is 14.5. The normalized spacial score (nSPS) is 14.5. The standard InChI is InChI=1S/C24H27BrN4O/c1-3-16(2)26-22(30)13-14-29(19-11-12-19)24-20-9-4-5-10-21(20)27-23(28-24)17-7-6-8-18(25)15-17/h4-10,15-16,19H,3,11-14H2,1-2H3,(H,26,30)/t16-/m0/s1. The minimum Gasteiger partial charge on any atom is -0.354 e. The van der Waals surface area contributed by atoms with E-state index < -0.39 is 0 Å². The molecule has 0 spiro atoms.